The van der Waals surface area contributed by atoms with Crippen LogP contribution >= 0.6 is 0 Å². The molecule has 25 heavy (non-hydrogen) atoms. The second-order valence-corrected chi connectivity index (χ2v) is 5.61. The molecule has 2 aliphatic rings. The number of esters is 1. The maximum absolute atomic E-state index is 12.1. The maximum atomic E-state index is 12.1. The number of aliphatic imine (C=N–C) groups is 1. The van der Waals surface area contributed by atoms with Crippen molar-refractivity contribution in [3.63, 3.8) is 0 Å². The number of fused-ring (bicyclic) bond motifs is 1. The molecule has 2 aromatic carbocycles. The van der Waals surface area contributed by atoms with Crippen LogP contribution in [0.3, 0.4) is 0 Å². The van der Waals surface area contributed by atoms with E-state index in [-0.39, 0.29) is 5.70 Å². The number of ether oxygens (including phenoxy) is 3. The first-order chi connectivity index (χ1) is 12.2. The zero-order chi connectivity index (χ0) is 17.2. The topological polar surface area (TPSA) is 57.1 Å². The molecule has 5 nitrogen and oxygen atoms in total. The van der Waals surface area contributed by atoms with Gasteiger partial charge in [0, 0.05) is 17.2 Å². The summed E-state index contributed by atoms with van der Waals surface area (Å²) in [4.78, 5) is 16.4. The Morgan fingerprint density at radius 2 is 2.00 bits per heavy atom. The summed E-state index contributed by atoms with van der Waals surface area (Å²) < 4.78 is 16.2. The SMILES string of the molecule is COc1ccc2c(c1)OCC(C=C1N=C(c3ccccc3)OC1=O)=C2. The minimum absolute atomic E-state index is 0.269. The molecule has 0 spiro atoms. The summed E-state index contributed by atoms with van der Waals surface area (Å²) in [5.74, 6) is 1.36. The third-order valence-corrected chi connectivity index (χ3v) is 3.92. The molecule has 0 N–H and O–H groups in total. The summed E-state index contributed by atoms with van der Waals surface area (Å²) in [6, 6.07) is 15.0. The minimum Gasteiger partial charge on any atom is -0.497 e. The number of hydrogen-bond donors (Lipinski definition) is 0. The average Bonchev–Trinajstić information content (AvgIpc) is 3.02. The van der Waals surface area contributed by atoms with Gasteiger partial charge in [-0.15, -0.1) is 0 Å². The number of hydrogen-bond acceptors (Lipinski definition) is 5. The average molecular weight is 333 g/mol. The Morgan fingerprint density at radius 3 is 2.80 bits per heavy atom. The maximum Gasteiger partial charge on any atom is 0.363 e. The van der Waals surface area contributed by atoms with Crippen LogP contribution in [-0.4, -0.2) is 25.6 Å². The summed E-state index contributed by atoms with van der Waals surface area (Å²) in [7, 11) is 1.62. The number of rotatable bonds is 3. The molecule has 0 fully saturated rings. The Balaban J connectivity index is 1.63. The molecular weight excluding hydrogens is 318 g/mol. The molecule has 0 aliphatic carbocycles. The Bertz CT molecular complexity index is 926. The van der Waals surface area contributed by atoms with Gasteiger partial charge in [0.2, 0.25) is 5.90 Å². The van der Waals surface area contributed by atoms with Gasteiger partial charge in [0.1, 0.15) is 18.1 Å². The standard InChI is InChI=1S/C20H15NO4/c1-23-16-8-7-15-9-13(12-24-18(15)11-16)10-17-20(22)25-19(21-17)14-5-3-2-4-6-14/h2-11H,12H2,1H3. The van der Waals surface area contributed by atoms with Gasteiger partial charge in [-0.1, -0.05) is 18.2 Å². The number of benzene rings is 2. The van der Waals surface area contributed by atoms with E-state index in [1.807, 2.05) is 54.6 Å². The first-order valence-corrected chi connectivity index (χ1v) is 7.82. The van der Waals surface area contributed by atoms with Crippen molar-refractivity contribution in [2.75, 3.05) is 13.7 Å². The lowest BCUT2D eigenvalue weighted by atomic mass is 10.1. The Morgan fingerprint density at radius 1 is 1.16 bits per heavy atom. The summed E-state index contributed by atoms with van der Waals surface area (Å²) in [6.07, 6.45) is 3.67. The van der Waals surface area contributed by atoms with Gasteiger partial charge in [-0.25, -0.2) is 9.79 Å². The van der Waals surface area contributed by atoms with Crippen LogP contribution in [-0.2, 0) is 9.53 Å². The lowest BCUT2D eigenvalue weighted by molar-refractivity contribution is -0.130. The number of methoxy groups -OCH3 is 1. The molecule has 0 amide bonds. The molecular formula is C20H15NO4. The van der Waals surface area contributed by atoms with Gasteiger partial charge in [-0.2, -0.15) is 0 Å². The molecule has 5 heteroatoms. The van der Waals surface area contributed by atoms with E-state index >= 15 is 0 Å². The first-order valence-electron chi connectivity index (χ1n) is 7.82. The molecule has 4 rings (SSSR count). The predicted molar refractivity (Wildman–Crippen MR) is 93.6 cm³/mol. The third kappa shape index (κ3) is 3.04. The van der Waals surface area contributed by atoms with Gasteiger partial charge < -0.3 is 14.2 Å². The van der Waals surface area contributed by atoms with Gasteiger partial charge in [0.05, 0.1) is 7.11 Å². The van der Waals surface area contributed by atoms with E-state index in [1.54, 1.807) is 13.2 Å². The van der Waals surface area contributed by atoms with Crippen molar-refractivity contribution >= 4 is 17.9 Å². The summed E-state index contributed by atoms with van der Waals surface area (Å²) in [6.45, 7) is 0.354. The first kappa shape index (κ1) is 15.2. The third-order valence-electron chi connectivity index (χ3n) is 3.92. The molecule has 2 heterocycles. The van der Waals surface area contributed by atoms with Gasteiger partial charge in [0.25, 0.3) is 0 Å². The van der Waals surface area contributed by atoms with Gasteiger partial charge >= 0.3 is 5.97 Å². The van der Waals surface area contributed by atoms with Crippen LogP contribution in [0.25, 0.3) is 6.08 Å². The largest absolute Gasteiger partial charge is 0.497 e. The Labute approximate surface area is 144 Å². The summed E-state index contributed by atoms with van der Waals surface area (Å²) >= 11 is 0. The molecule has 0 radical (unpaired) electrons. The van der Waals surface area contributed by atoms with Crippen LogP contribution in [0, 0.1) is 0 Å². The van der Waals surface area contributed by atoms with E-state index in [2.05, 4.69) is 4.99 Å². The Kier molecular flexibility index (Phi) is 3.82. The van der Waals surface area contributed by atoms with E-state index in [1.165, 1.54) is 0 Å². The smallest absolute Gasteiger partial charge is 0.363 e. The van der Waals surface area contributed by atoms with Crippen LogP contribution in [0.4, 0.5) is 0 Å². The van der Waals surface area contributed by atoms with E-state index < -0.39 is 5.97 Å². The lowest BCUT2D eigenvalue weighted by Gasteiger charge is -2.16. The second kappa shape index (κ2) is 6.28. The fourth-order valence-corrected chi connectivity index (χ4v) is 2.66. The Hall–Kier alpha value is -3.34. The number of carbonyl (C=O) groups is 1. The van der Waals surface area contributed by atoms with E-state index in [0.29, 0.717) is 12.5 Å². The molecule has 0 saturated heterocycles. The predicted octanol–water partition coefficient (Wildman–Crippen LogP) is 3.36. The highest BCUT2D eigenvalue weighted by Gasteiger charge is 2.24. The van der Waals surface area contributed by atoms with Crippen molar-refractivity contribution in [1.82, 2.24) is 0 Å². The number of carbonyl (C=O) groups excluding carboxylic acids is 1. The van der Waals surface area contributed by atoms with Crippen molar-refractivity contribution in [2.24, 2.45) is 4.99 Å². The second-order valence-electron chi connectivity index (χ2n) is 5.61. The molecule has 124 valence electrons. The van der Waals surface area contributed by atoms with E-state index in [9.17, 15) is 4.79 Å². The normalized spacial score (nSPS) is 17.3. The van der Waals surface area contributed by atoms with E-state index in [4.69, 9.17) is 14.2 Å². The van der Waals surface area contributed by atoms with Gasteiger partial charge in [-0.05, 0) is 42.0 Å². The molecule has 0 unspecified atom stereocenters. The highest BCUT2D eigenvalue weighted by Crippen LogP contribution is 2.31. The van der Waals surface area contributed by atoms with Crippen LogP contribution in [0.1, 0.15) is 11.1 Å². The number of cyclic esters (lactones) is 1. The highest BCUT2D eigenvalue weighted by atomic mass is 16.6. The summed E-state index contributed by atoms with van der Waals surface area (Å²) in [5.41, 5.74) is 2.82. The van der Waals surface area contributed by atoms with Gasteiger partial charge in [0.15, 0.2) is 5.70 Å². The highest BCUT2D eigenvalue weighted by molar-refractivity contribution is 6.11. The van der Waals surface area contributed by atoms with Crippen LogP contribution in [0.2, 0.25) is 0 Å². The minimum atomic E-state index is -0.458. The molecule has 0 atom stereocenters. The van der Waals surface area contributed by atoms with Crippen LogP contribution in [0.5, 0.6) is 11.5 Å². The van der Waals surface area contributed by atoms with Crippen molar-refractivity contribution < 1.29 is 19.0 Å². The van der Waals surface area contributed by atoms with Gasteiger partial charge in [-0.3, -0.25) is 0 Å². The van der Waals surface area contributed by atoms with Crippen molar-refractivity contribution in [2.45, 2.75) is 0 Å². The summed E-state index contributed by atoms with van der Waals surface area (Å²) in [5, 5.41) is 0. The van der Waals surface area contributed by atoms with Crippen molar-refractivity contribution in [3.05, 3.63) is 77.0 Å². The molecule has 2 aliphatic heterocycles. The fourth-order valence-electron chi connectivity index (χ4n) is 2.66. The van der Waals surface area contributed by atoms with Crippen molar-refractivity contribution in [1.29, 1.82) is 0 Å². The van der Waals surface area contributed by atoms with Crippen molar-refractivity contribution in [3.8, 4) is 11.5 Å². The molecule has 0 aromatic heterocycles. The monoisotopic (exact) mass is 333 g/mol. The van der Waals surface area contributed by atoms with Crippen LogP contribution in [0.15, 0.2) is 70.9 Å². The molecule has 2 aromatic rings. The molecule has 0 saturated carbocycles. The zero-order valence-electron chi connectivity index (χ0n) is 13.6. The molecule has 0 bridgehead atoms. The van der Waals surface area contributed by atoms with Crippen LogP contribution < -0.4 is 9.47 Å². The number of nitrogens with zero attached hydrogens (tertiary/aromatic N) is 1. The fraction of sp³-hybridized carbons (Fsp3) is 0.100. The zero-order valence-corrected chi connectivity index (χ0v) is 13.6. The quantitative estimate of drug-likeness (QED) is 0.638. The lowest BCUT2D eigenvalue weighted by Crippen LogP contribution is -2.08. The van der Waals surface area contributed by atoms with E-state index in [0.717, 1.165) is 28.2 Å².